The van der Waals surface area contributed by atoms with E-state index >= 15 is 0 Å². The van der Waals surface area contributed by atoms with Gasteiger partial charge >= 0.3 is 6.18 Å². The fourth-order valence-electron chi connectivity index (χ4n) is 2.57. The molecule has 19 heavy (non-hydrogen) atoms. The van der Waals surface area contributed by atoms with E-state index in [0.29, 0.717) is 17.5 Å². The SMILES string of the molecule is CC1CCCC(CO)(Nc2nc(C(F)(F)F)ns2)C1. The number of aliphatic hydroxyl groups excluding tert-OH is 1. The van der Waals surface area contributed by atoms with Gasteiger partial charge in [-0.1, -0.05) is 19.8 Å². The molecule has 1 aliphatic carbocycles. The third-order valence-electron chi connectivity index (χ3n) is 3.45. The molecule has 1 saturated carbocycles. The fourth-order valence-corrected chi connectivity index (χ4v) is 3.28. The van der Waals surface area contributed by atoms with Crippen molar-refractivity contribution in [2.24, 2.45) is 5.92 Å². The smallest absolute Gasteiger partial charge is 0.394 e. The summed E-state index contributed by atoms with van der Waals surface area (Å²) in [6.45, 7) is 1.96. The highest BCUT2D eigenvalue weighted by molar-refractivity contribution is 7.09. The number of rotatable bonds is 3. The number of hydrogen-bond acceptors (Lipinski definition) is 5. The Labute approximate surface area is 113 Å². The van der Waals surface area contributed by atoms with E-state index in [9.17, 15) is 18.3 Å². The maximum absolute atomic E-state index is 12.4. The third kappa shape index (κ3) is 3.36. The third-order valence-corrected chi connectivity index (χ3v) is 4.08. The van der Waals surface area contributed by atoms with Crippen molar-refractivity contribution in [2.75, 3.05) is 11.9 Å². The summed E-state index contributed by atoms with van der Waals surface area (Å²) in [6.07, 6.45) is -1.05. The van der Waals surface area contributed by atoms with E-state index in [1.165, 1.54) is 0 Å². The van der Waals surface area contributed by atoms with Crippen LogP contribution in [-0.2, 0) is 6.18 Å². The molecule has 1 aromatic rings. The van der Waals surface area contributed by atoms with Crippen molar-refractivity contribution in [3.8, 4) is 0 Å². The van der Waals surface area contributed by atoms with Crippen LogP contribution in [0.4, 0.5) is 18.3 Å². The molecule has 2 rings (SSSR count). The van der Waals surface area contributed by atoms with Gasteiger partial charge in [0.2, 0.25) is 11.0 Å². The molecule has 0 bridgehead atoms. The van der Waals surface area contributed by atoms with Gasteiger partial charge in [0.25, 0.3) is 0 Å². The molecule has 0 spiro atoms. The number of hydrogen-bond donors (Lipinski definition) is 2. The average Bonchev–Trinajstić information content (AvgIpc) is 2.77. The maximum Gasteiger partial charge on any atom is 0.452 e. The first-order valence-corrected chi connectivity index (χ1v) is 6.92. The molecule has 2 atom stereocenters. The second-order valence-corrected chi connectivity index (χ2v) is 5.94. The van der Waals surface area contributed by atoms with Crippen molar-refractivity contribution in [1.29, 1.82) is 0 Å². The quantitative estimate of drug-likeness (QED) is 0.900. The van der Waals surface area contributed by atoms with Crippen molar-refractivity contribution in [1.82, 2.24) is 9.36 Å². The molecule has 8 heteroatoms. The molecular formula is C11H16F3N3OS. The van der Waals surface area contributed by atoms with Gasteiger partial charge in [0.05, 0.1) is 12.1 Å². The van der Waals surface area contributed by atoms with Crippen molar-refractivity contribution in [3.63, 3.8) is 0 Å². The molecule has 2 N–H and O–H groups in total. The lowest BCUT2D eigenvalue weighted by atomic mass is 9.77. The zero-order valence-corrected chi connectivity index (χ0v) is 11.3. The topological polar surface area (TPSA) is 58.0 Å². The zero-order valence-electron chi connectivity index (χ0n) is 10.5. The summed E-state index contributed by atoms with van der Waals surface area (Å²) in [5, 5.41) is 12.6. The maximum atomic E-state index is 12.4. The van der Waals surface area contributed by atoms with Gasteiger partial charge in [-0.05, 0) is 18.8 Å². The summed E-state index contributed by atoms with van der Waals surface area (Å²) in [5.74, 6) is -0.694. The van der Waals surface area contributed by atoms with Gasteiger partial charge in [-0.15, -0.1) is 0 Å². The van der Waals surface area contributed by atoms with Gasteiger partial charge in [-0.25, -0.2) is 0 Å². The molecule has 1 heterocycles. The molecule has 2 unspecified atom stereocenters. The predicted octanol–water partition coefficient (Wildman–Crippen LogP) is 2.91. The number of nitrogens with one attached hydrogen (secondary N) is 1. The predicted molar refractivity (Wildman–Crippen MR) is 66.0 cm³/mol. The van der Waals surface area contributed by atoms with Gasteiger partial charge in [-0.3, -0.25) is 0 Å². The van der Waals surface area contributed by atoms with Gasteiger partial charge in [0, 0.05) is 11.5 Å². The first-order chi connectivity index (χ1) is 8.85. The summed E-state index contributed by atoms with van der Waals surface area (Å²) in [6, 6.07) is 0. The Bertz CT molecular complexity index is 437. The monoisotopic (exact) mass is 295 g/mol. The van der Waals surface area contributed by atoms with E-state index in [4.69, 9.17) is 0 Å². The zero-order chi connectivity index (χ0) is 14.1. The normalized spacial score (nSPS) is 28.4. The van der Waals surface area contributed by atoms with Crippen LogP contribution in [0.25, 0.3) is 0 Å². The highest BCUT2D eigenvalue weighted by Gasteiger charge is 2.38. The van der Waals surface area contributed by atoms with Crippen LogP contribution in [0, 0.1) is 5.92 Å². The van der Waals surface area contributed by atoms with E-state index in [1.807, 2.05) is 0 Å². The Kier molecular flexibility index (Phi) is 4.00. The molecule has 0 aliphatic heterocycles. The van der Waals surface area contributed by atoms with E-state index in [2.05, 4.69) is 21.6 Å². The molecule has 0 saturated heterocycles. The molecular weight excluding hydrogens is 279 g/mol. The lowest BCUT2D eigenvalue weighted by molar-refractivity contribution is -0.144. The van der Waals surface area contributed by atoms with Gasteiger partial charge in [0.1, 0.15) is 0 Å². The number of aliphatic hydroxyl groups is 1. The van der Waals surface area contributed by atoms with Crippen LogP contribution in [0.1, 0.15) is 38.4 Å². The minimum atomic E-state index is -4.53. The number of nitrogens with zero attached hydrogens (tertiary/aromatic N) is 2. The van der Waals surface area contributed by atoms with Gasteiger partial charge in [-0.2, -0.15) is 22.5 Å². The number of halogens is 3. The molecule has 1 aromatic heterocycles. The molecule has 4 nitrogen and oxygen atoms in total. The summed E-state index contributed by atoms with van der Waals surface area (Å²) in [4.78, 5) is 3.45. The van der Waals surface area contributed by atoms with Crippen LogP contribution < -0.4 is 5.32 Å². The number of aromatic nitrogens is 2. The minimum absolute atomic E-state index is 0.113. The van der Waals surface area contributed by atoms with E-state index in [0.717, 1.165) is 25.7 Å². The molecule has 1 fully saturated rings. The van der Waals surface area contributed by atoms with Gasteiger partial charge < -0.3 is 10.4 Å². The average molecular weight is 295 g/mol. The Morgan fingerprint density at radius 2 is 2.26 bits per heavy atom. The van der Waals surface area contributed by atoms with Crippen LogP contribution >= 0.6 is 11.5 Å². The molecule has 0 aromatic carbocycles. The van der Waals surface area contributed by atoms with Crippen LogP contribution in [0.5, 0.6) is 0 Å². The van der Waals surface area contributed by atoms with E-state index < -0.39 is 17.5 Å². The van der Waals surface area contributed by atoms with Crippen molar-refractivity contribution < 1.29 is 18.3 Å². The molecule has 0 amide bonds. The van der Waals surface area contributed by atoms with Crippen molar-refractivity contribution in [2.45, 2.75) is 44.3 Å². The van der Waals surface area contributed by atoms with Crippen molar-refractivity contribution in [3.05, 3.63) is 5.82 Å². The van der Waals surface area contributed by atoms with Gasteiger partial charge in [0.15, 0.2) is 0 Å². The number of anilines is 1. The largest absolute Gasteiger partial charge is 0.452 e. The van der Waals surface area contributed by atoms with Crippen LogP contribution in [0.3, 0.4) is 0 Å². The first kappa shape index (κ1) is 14.5. The summed E-state index contributed by atoms with van der Waals surface area (Å²) < 4.78 is 40.6. The van der Waals surface area contributed by atoms with Crippen molar-refractivity contribution >= 4 is 16.7 Å². The van der Waals surface area contributed by atoms with E-state index in [1.54, 1.807) is 0 Å². The standard InChI is InChI=1S/C11H16F3N3OS/c1-7-3-2-4-10(5-7,6-18)16-9-15-8(17-19-9)11(12,13)14/h7,18H,2-6H2,1H3,(H,15,16,17). The second kappa shape index (κ2) is 5.24. The second-order valence-electron chi connectivity index (χ2n) is 5.19. The summed E-state index contributed by atoms with van der Waals surface area (Å²) in [5.41, 5.74) is -0.569. The molecule has 1 aliphatic rings. The molecule has 108 valence electrons. The summed E-state index contributed by atoms with van der Waals surface area (Å²) >= 11 is 0.682. The lowest BCUT2D eigenvalue weighted by Gasteiger charge is -2.39. The van der Waals surface area contributed by atoms with Crippen LogP contribution in [0.15, 0.2) is 0 Å². The minimum Gasteiger partial charge on any atom is -0.394 e. The molecule has 0 radical (unpaired) electrons. The number of alkyl halides is 3. The summed E-state index contributed by atoms with van der Waals surface area (Å²) in [7, 11) is 0. The lowest BCUT2D eigenvalue weighted by Crippen LogP contribution is -2.45. The van der Waals surface area contributed by atoms with Crippen LogP contribution in [0.2, 0.25) is 0 Å². The van der Waals surface area contributed by atoms with Crippen LogP contribution in [-0.4, -0.2) is 26.6 Å². The first-order valence-electron chi connectivity index (χ1n) is 6.15. The fraction of sp³-hybridized carbons (Fsp3) is 0.818. The highest BCUT2D eigenvalue weighted by Crippen LogP contribution is 2.36. The highest BCUT2D eigenvalue weighted by atomic mass is 32.1. The Balaban J connectivity index is 2.12. The Morgan fingerprint density at radius 1 is 1.53 bits per heavy atom. The van der Waals surface area contributed by atoms with E-state index in [-0.39, 0.29) is 11.7 Å². The Morgan fingerprint density at radius 3 is 2.79 bits per heavy atom. The Hall–Kier alpha value is -0.890.